The first-order valence-corrected chi connectivity index (χ1v) is 9.41. The van der Waals surface area contributed by atoms with Crippen LogP contribution in [-0.2, 0) is 14.3 Å². The second-order valence-corrected chi connectivity index (χ2v) is 5.69. The monoisotopic (exact) mass is 392 g/mol. The van der Waals surface area contributed by atoms with Crippen molar-refractivity contribution in [3.8, 4) is 11.3 Å². The molecule has 6 heteroatoms. The van der Waals surface area contributed by atoms with Gasteiger partial charge >= 0.3 is 0 Å². The van der Waals surface area contributed by atoms with Crippen molar-refractivity contribution in [1.29, 1.82) is 0 Å². The van der Waals surface area contributed by atoms with E-state index < -0.39 is 12.3 Å². The molecule has 28 heavy (non-hydrogen) atoms. The van der Waals surface area contributed by atoms with Gasteiger partial charge in [0.25, 0.3) is 5.97 Å². The summed E-state index contributed by atoms with van der Waals surface area (Å²) < 4.78 is 31.2. The van der Waals surface area contributed by atoms with Gasteiger partial charge in [-0.3, -0.25) is 4.79 Å². The second kappa shape index (κ2) is 12.1. The van der Waals surface area contributed by atoms with Gasteiger partial charge in [-0.05, 0) is 44.5 Å². The van der Waals surface area contributed by atoms with Crippen LogP contribution >= 0.6 is 0 Å². The summed E-state index contributed by atoms with van der Waals surface area (Å²) in [4.78, 5) is 9.00. The highest BCUT2D eigenvalue weighted by Crippen LogP contribution is 2.28. The molecule has 5 nitrogen and oxygen atoms in total. The van der Waals surface area contributed by atoms with E-state index in [0.29, 0.717) is 30.1 Å². The van der Waals surface area contributed by atoms with E-state index in [1.807, 2.05) is 52.0 Å². The summed E-state index contributed by atoms with van der Waals surface area (Å²) in [6.45, 7) is 10.2. The topological polar surface area (TPSA) is 68.9 Å². The number of rotatable bonds is 2. The molecular weight excluding hydrogens is 363 g/mol. The number of aliphatic carboxylic acids is 1. The van der Waals surface area contributed by atoms with E-state index in [0.717, 1.165) is 24.0 Å². The van der Waals surface area contributed by atoms with E-state index >= 15 is 0 Å². The largest absolute Gasteiger partial charge is 0.481 e. The summed E-state index contributed by atoms with van der Waals surface area (Å²) in [6, 6.07) is 6.84. The Labute approximate surface area is 165 Å². The Morgan fingerprint density at radius 1 is 1.14 bits per heavy atom. The van der Waals surface area contributed by atoms with Crippen molar-refractivity contribution < 1.29 is 28.2 Å². The van der Waals surface area contributed by atoms with E-state index in [2.05, 4.69) is 0 Å². The number of hydrogen-bond donors (Lipinski definition) is 1. The van der Waals surface area contributed by atoms with Crippen LogP contribution in [0, 0.1) is 5.82 Å². The molecule has 0 spiro atoms. The van der Waals surface area contributed by atoms with Crippen molar-refractivity contribution in [2.75, 3.05) is 13.2 Å². The summed E-state index contributed by atoms with van der Waals surface area (Å²) >= 11 is 0. The molecule has 0 unspecified atom stereocenters. The van der Waals surface area contributed by atoms with Crippen molar-refractivity contribution >= 4 is 18.1 Å². The average molecular weight is 392 g/mol. The number of carboxylic acid groups (broad SMARTS) is 1. The molecule has 154 valence electrons. The van der Waals surface area contributed by atoms with E-state index in [9.17, 15) is 4.39 Å². The third kappa shape index (κ3) is 6.62. The minimum Gasteiger partial charge on any atom is -0.481 e. The van der Waals surface area contributed by atoms with Crippen LogP contribution in [0.2, 0.25) is 0 Å². The number of furan rings is 1. The van der Waals surface area contributed by atoms with Gasteiger partial charge < -0.3 is 19.0 Å². The van der Waals surface area contributed by atoms with Crippen LogP contribution in [0.3, 0.4) is 0 Å². The van der Waals surface area contributed by atoms with E-state index in [-0.39, 0.29) is 5.82 Å². The molecule has 1 fully saturated rings. The minimum atomic E-state index is -0.833. The lowest BCUT2D eigenvalue weighted by Gasteiger charge is -2.23. The van der Waals surface area contributed by atoms with Crippen molar-refractivity contribution in [1.82, 2.24) is 0 Å². The zero-order valence-electron chi connectivity index (χ0n) is 17.1. The summed E-state index contributed by atoms with van der Waals surface area (Å²) in [6.07, 6.45) is 4.20. The lowest BCUT2D eigenvalue weighted by atomic mass is 10.1. The first-order chi connectivity index (χ1) is 13.5. The van der Waals surface area contributed by atoms with Gasteiger partial charge in [0.1, 0.15) is 17.0 Å². The lowest BCUT2D eigenvalue weighted by Crippen LogP contribution is -2.17. The predicted octanol–water partition coefficient (Wildman–Crippen LogP) is 4.24. The van der Waals surface area contributed by atoms with Gasteiger partial charge in [0.05, 0.1) is 18.8 Å². The molecule has 2 aromatic rings. The number of halogens is 1. The quantitative estimate of drug-likeness (QED) is 0.828. The molecule has 3 rings (SSSR count). The Hall–Kier alpha value is -2.44. The number of benzene rings is 1. The molecule has 0 aliphatic carbocycles. The standard InChI is InChI=1S/C18H19FO3.C2H4O2.C2H6/c1-3-12-11-17(22-16(12)4-2)14-7-6-13(10-15(14)19)18-20-8-5-9-21-18;1-2(3)4;1-2/h3-4,6-7,10-11,18H,5,8-9H2,1-2H3;1H3,(H,3,4);1-2H3/b12-3-,16-4+;;. The van der Waals surface area contributed by atoms with Gasteiger partial charge in [-0.25, -0.2) is 4.39 Å². The molecular formula is C22H29FO5. The van der Waals surface area contributed by atoms with Crippen LogP contribution in [0.15, 0.2) is 28.7 Å². The fraction of sp³-hybridized carbons (Fsp3) is 0.409. The normalized spacial score (nSPS) is 15.4. The highest BCUT2D eigenvalue weighted by Gasteiger charge is 2.19. The molecule has 1 aliphatic rings. The van der Waals surface area contributed by atoms with Crippen LogP contribution in [-0.4, -0.2) is 24.3 Å². The molecule has 0 radical (unpaired) electrons. The van der Waals surface area contributed by atoms with Gasteiger partial charge in [-0.15, -0.1) is 0 Å². The first-order valence-electron chi connectivity index (χ1n) is 9.41. The zero-order valence-corrected chi connectivity index (χ0v) is 17.1. The van der Waals surface area contributed by atoms with Crippen molar-refractivity contribution in [3.05, 3.63) is 46.3 Å². The number of carboxylic acids is 1. The van der Waals surface area contributed by atoms with Crippen LogP contribution < -0.4 is 10.6 Å². The highest BCUT2D eigenvalue weighted by molar-refractivity contribution is 5.63. The van der Waals surface area contributed by atoms with E-state index in [1.165, 1.54) is 6.07 Å². The summed E-state index contributed by atoms with van der Waals surface area (Å²) in [5.74, 6) is -0.648. The van der Waals surface area contributed by atoms with Crippen LogP contribution in [0.4, 0.5) is 4.39 Å². The maximum absolute atomic E-state index is 14.4. The number of ether oxygens (including phenoxy) is 2. The van der Waals surface area contributed by atoms with E-state index in [1.54, 1.807) is 6.07 Å². The molecule has 1 aromatic heterocycles. The maximum Gasteiger partial charge on any atom is 0.300 e. The third-order valence-electron chi connectivity index (χ3n) is 3.72. The van der Waals surface area contributed by atoms with Gasteiger partial charge in [-0.2, -0.15) is 0 Å². The summed E-state index contributed by atoms with van der Waals surface area (Å²) in [7, 11) is 0. The van der Waals surface area contributed by atoms with Gasteiger partial charge in [0.2, 0.25) is 0 Å². The molecule has 1 aliphatic heterocycles. The van der Waals surface area contributed by atoms with Crippen LogP contribution in [0.1, 0.15) is 52.9 Å². The fourth-order valence-electron chi connectivity index (χ4n) is 2.56. The number of carbonyl (C=O) groups is 1. The molecule has 0 amide bonds. The molecule has 0 atom stereocenters. The average Bonchev–Trinajstić information content (AvgIpc) is 3.13. The van der Waals surface area contributed by atoms with E-state index in [4.69, 9.17) is 23.8 Å². The first kappa shape index (κ1) is 23.6. The molecule has 2 heterocycles. The third-order valence-corrected chi connectivity index (χ3v) is 3.72. The second-order valence-electron chi connectivity index (χ2n) is 5.69. The molecule has 0 bridgehead atoms. The Balaban J connectivity index is 0.000000583. The summed E-state index contributed by atoms with van der Waals surface area (Å²) in [5, 5.41) is 8.37. The lowest BCUT2D eigenvalue weighted by molar-refractivity contribution is -0.183. The Bertz CT molecular complexity index is 828. The fourth-order valence-corrected chi connectivity index (χ4v) is 2.56. The summed E-state index contributed by atoms with van der Waals surface area (Å²) in [5.41, 5.74) is 1.88. The SMILES string of the molecule is C/C=c1/cc(-c2ccc(C3OCCCO3)cc2F)o/c1=C/C.CC.CC(=O)O. The molecule has 1 N–H and O–H groups in total. The Morgan fingerprint density at radius 3 is 2.21 bits per heavy atom. The molecule has 1 saturated heterocycles. The molecule has 0 saturated carbocycles. The molecule has 1 aromatic carbocycles. The Morgan fingerprint density at radius 2 is 1.75 bits per heavy atom. The van der Waals surface area contributed by atoms with Gasteiger partial charge in [0, 0.05) is 17.7 Å². The van der Waals surface area contributed by atoms with Crippen molar-refractivity contribution in [3.63, 3.8) is 0 Å². The smallest absolute Gasteiger partial charge is 0.300 e. The minimum absolute atomic E-state index is 0.339. The van der Waals surface area contributed by atoms with Gasteiger partial charge in [-0.1, -0.05) is 26.0 Å². The zero-order chi connectivity index (χ0) is 21.1. The number of hydrogen-bond acceptors (Lipinski definition) is 4. The van der Waals surface area contributed by atoms with Crippen molar-refractivity contribution in [2.45, 2.75) is 47.3 Å². The predicted molar refractivity (Wildman–Crippen MR) is 108 cm³/mol. The van der Waals surface area contributed by atoms with Gasteiger partial charge in [0.15, 0.2) is 6.29 Å². The maximum atomic E-state index is 14.4. The van der Waals surface area contributed by atoms with Crippen LogP contribution in [0.5, 0.6) is 0 Å². The Kier molecular flexibility index (Phi) is 10.2. The van der Waals surface area contributed by atoms with Crippen LogP contribution in [0.25, 0.3) is 23.5 Å². The highest BCUT2D eigenvalue weighted by atomic mass is 19.1. The van der Waals surface area contributed by atoms with Crippen molar-refractivity contribution in [2.24, 2.45) is 0 Å².